The molecule has 0 aliphatic rings. The SMILES string of the molecule is O=c1c2sccc2[nH]c(=S)n1-c1ccc(Br)c(Cl)c1Cl. The molecular formula is C12H5BrCl2N2OS2. The molecule has 0 saturated carbocycles. The molecule has 0 amide bonds. The molecule has 0 radical (unpaired) electrons. The summed E-state index contributed by atoms with van der Waals surface area (Å²) in [6.07, 6.45) is 0. The Morgan fingerprint density at radius 1 is 1.25 bits per heavy atom. The Morgan fingerprint density at radius 2 is 2.00 bits per heavy atom. The number of fused-ring (bicyclic) bond motifs is 1. The van der Waals surface area contributed by atoms with Gasteiger partial charge in [0.25, 0.3) is 5.56 Å². The molecule has 0 atom stereocenters. The van der Waals surface area contributed by atoms with Crippen molar-refractivity contribution in [3.05, 3.63) is 53.2 Å². The third-order valence-electron chi connectivity index (χ3n) is 2.76. The Labute approximate surface area is 140 Å². The molecule has 102 valence electrons. The van der Waals surface area contributed by atoms with E-state index in [0.29, 0.717) is 19.9 Å². The first-order valence-electron chi connectivity index (χ1n) is 5.37. The highest BCUT2D eigenvalue weighted by molar-refractivity contribution is 9.10. The number of rotatable bonds is 1. The van der Waals surface area contributed by atoms with E-state index in [4.69, 9.17) is 35.4 Å². The van der Waals surface area contributed by atoms with Crippen LogP contribution in [0.5, 0.6) is 0 Å². The average Bonchev–Trinajstić information content (AvgIpc) is 2.87. The van der Waals surface area contributed by atoms with Crippen molar-refractivity contribution < 1.29 is 0 Å². The second-order valence-electron chi connectivity index (χ2n) is 3.93. The quantitative estimate of drug-likeness (QED) is 0.445. The van der Waals surface area contributed by atoms with Crippen molar-refractivity contribution >= 4 is 72.9 Å². The first-order valence-corrected chi connectivity index (χ1v) is 8.21. The normalized spacial score (nSPS) is 11.2. The Bertz CT molecular complexity index is 945. The number of aromatic nitrogens is 2. The molecule has 3 rings (SSSR count). The second-order valence-corrected chi connectivity index (χ2v) is 6.84. The van der Waals surface area contributed by atoms with Crippen molar-refractivity contribution in [3.8, 4) is 5.69 Å². The predicted octanol–water partition coefficient (Wildman–Crippen LogP) is 5.18. The lowest BCUT2D eigenvalue weighted by Crippen LogP contribution is -2.19. The summed E-state index contributed by atoms with van der Waals surface area (Å²) in [7, 11) is 0. The average molecular weight is 408 g/mol. The summed E-state index contributed by atoms with van der Waals surface area (Å²) in [4.78, 5) is 15.5. The molecular weight excluding hydrogens is 403 g/mol. The standard InChI is InChI=1S/C12H5BrCl2N2OS2/c13-5-1-2-7(9(15)8(5)14)17-11(18)10-6(3-4-20-10)16-12(17)19/h1-4H,(H,16,19). The first kappa shape index (κ1) is 14.3. The molecule has 0 aliphatic heterocycles. The van der Waals surface area contributed by atoms with Gasteiger partial charge < -0.3 is 4.98 Å². The molecule has 0 bridgehead atoms. The molecule has 0 saturated heterocycles. The monoisotopic (exact) mass is 406 g/mol. The van der Waals surface area contributed by atoms with Crippen LogP contribution >= 0.6 is 62.7 Å². The Kier molecular flexibility index (Phi) is 3.77. The Morgan fingerprint density at radius 3 is 2.75 bits per heavy atom. The molecule has 0 fully saturated rings. The van der Waals surface area contributed by atoms with Crippen LogP contribution in [0.2, 0.25) is 10.0 Å². The summed E-state index contributed by atoms with van der Waals surface area (Å²) >= 11 is 22.2. The number of thiophene rings is 1. The van der Waals surface area contributed by atoms with E-state index in [2.05, 4.69) is 20.9 Å². The van der Waals surface area contributed by atoms with Gasteiger partial charge in [-0.05, 0) is 51.7 Å². The second kappa shape index (κ2) is 5.27. The molecule has 1 N–H and O–H groups in total. The number of nitrogens with zero attached hydrogens (tertiary/aromatic N) is 1. The van der Waals surface area contributed by atoms with Crippen LogP contribution in [0.3, 0.4) is 0 Å². The highest BCUT2D eigenvalue weighted by Crippen LogP contribution is 2.34. The minimum atomic E-state index is -0.209. The fourth-order valence-electron chi connectivity index (χ4n) is 1.85. The van der Waals surface area contributed by atoms with Crippen molar-refractivity contribution in [2.24, 2.45) is 0 Å². The minimum Gasteiger partial charge on any atom is -0.331 e. The number of nitrogens with one attached hydrogen (secondary N) is 1. The van der Waals surface area contributed by atoms with Crippen LogP contribution in [0.1, 0.15) is 0 Å². The van der Waals surface area contributed by atoms with Gasteiger partial charge >= 0.3 is 0 Å². The fourth-order valence-corrected chi connectivity index (χ4v) is 3.77. The van der Waals surface area contributed by atoms with E-state index in [1.54, 1.807) is 12.1 Å². The van der Waals surface area contributed by atoms with Gasteiger partial charge in [-0.2, -0.15) is 0 Å². The number of halogens is 3. The zero-order chi connectivity index (χ0) is 14.4. The van der Waals surface area contributed by atoms with E-state index < -0.39 is 0 Å². The van der Waals surface area contributed by atoms with E-state index >= 15 is 0 Å². The van der Waals surface area contributed by atoms with Crippen LogP contribution in [0.25, 0.3) is 15.9 Å². The lowest BCUT2D eigenvalue weighted by atomic mass is 10.3. The third-order valence-corrected chi connectivity index (χ3v) is 5.71. The van der Waals surface area contributed by atoms with E-state index in [-0.39, 0.29) is 15.4 Å². The summed E-state index contributed by atoms with van der Waals surface area (Å²) in [5.41, 5.74) is 0.973. The zero-order valence-corrected chi connectivity index (χ0v) is 14.3. The van der Waals surface area contributed by atoms with Gasteiger partial charge in [-0.3, -0.25) is 9.36 Å². The maximum Gasteiger partial charge on any atom is 0.276 e. The largest absolute Gasteiger partial charge is 0.331 e. The third kappa shape index (κ3) is 2.16. The van der Waals surface area contributed by atoms with E-state index in [1.165, 1.54) is 15.9 Å². The van der Waals surface area contributed by atoms with Gasteiger partial charge in [-0.1, -0.05) is 23.2 Å². The lowest BCUT2D eigenvalue weighted by molar-refractivity contribution is 0.943. The smallest absolute Gasteiger partial charge is 0.276 e. The first-order chi connectivity index (χ1) is 9.50. The van der Waals surface area contributed by atoms with Crippen molar-refractivity contribution in [2.75, 3.05) is 0 Å². The van der Waals surface area contributed by atoms with Gasteiger partial charge in [0.05, 0.1) is 21.2 Å². The molecule has 20 heavy (non-hydrogen) atoms. The maximum atomic E-state index is 12.5. The maximum absolute atomic E-state index is 12.5. The van der Waals surface area contributed by atoms with Crippen LogP contribution < -0.4 is 5.56 Å². The van der Waals surface area contributed by atoms with Gasteiger partial charge in [-0.15, -0.1) is 11.3 Å². The lowest BCUT2D eigenvalue weighted by Gasteiger charge is -2.10. The van der Waals surface area contributed by atoms with Crippen LogP contribution in [0, 0.1) is 4.77 Å². The molecule has 8 heteroatoms. The topological polar surface area (TPSA) is 37.8 Å². The predicted molar refractivity (Wildman–Crippen MR) is 90.3 cm³/mol. The van der Waals surface area contributed by atoms with E-state index in [9.17, 15) is 4.79 Å². The fraction of sp³-hybridized carbons (Fsp3) is 0. The van der Waals surface area contributed by atoms with Crippen molar-refractivity contribution in [3.63, 3.8) is 0 Å². The summed E-state index contributed by atoms with van der Waals surface area (Å²) in [6, 6.07) is 5.24. The number of benzene rings is 1. The molecule has 0 unspecified atom stereocenters. The van der Waals surface area contributed by atoms with Gasteiger partial charge in [-0.25, -0.2) is 0 Å². The minimum absolute atomic E-state index is 0.209. The highest BCUT2D eigenvalue weighted by Gasteiger charge is 2.14. The van der Waals surface area contributed by atoms with Crippen molar-refractivity contribution in [2.45, 2.75) is 0 Å². The van der Waals surface area contributed by atoms with Crippen LogP contribution in [0.4, 0.5) is 0 Å². The molecule has 0 spiro atoms. The van der Waals surface area contributed by atoms with E-state index in [0.717, 1.165) is 5.52 Å². The molecule has 1 aromatic carbocycles. The zero-order valence-electron chi connectivity index (χ0n) is 9.62. The van der Waals surface area contributed by atoms with Crippen molar-refractivity contribution in [1.82, 2.24) is 9.55 Å². The van der Waals surface area contributed by atoms with Crippen LogP contribution in [-0.2, 0) is 0 Å². The highest BCUT2D eigenvalue weighted by atomic mass is 79.9. The summed E-state index contributed by atoms with van der Waals surface area (Å²) in [6.45, 7) is 0. The molecule has 3 aromatic rings. The molecule has 2 aromatic heterocycles. The summed E-state index contributed by atoms with van der Waals surface area (Å²) in [5, 5.41) is 2.45. The number of hydrogen-bond donors (Lipinski definition) is 1. The summed E-state index contributed by atoms with van der Waals surface area (Å²) < 4.78 is 2.89. The van der Waals surface area contributed by atoms with Crippen molar-refractivity contribution in [1.29, 1.82) is 0 Å². The van der Waals surface area contributed by atoms with Crippen LogP contribution in [0.15, 0.2) is 32.8 Å². The van der Waals surface area contributed by atoms with Gasteiger partial charge in [0.1, 0.15) is 4.70 Å². The van der Waals surface area contributed by atoms with Crippen LogP contribution in [-0.4, -0.2) is 9.55 Å². The summed E-state index contributed by atoms with van der Waals surface area (Å²) in [5.74, 6) is 0. The molecule has 2 heterocycles. The Hall–Kier alpha value is -0.660. The molecule has 3 nitrogen and oxygen atoms in total. The van der Waals surface area contributed by atoms with E-state index in [1.807, 2.05) is 11.4 Å². The number of hydrogen-bond acceptors (Lipinski definition) is 3. The van der Waals surface area contributed by atoms with Gasteiger partial charge in [0.15, 0.2) is 4.77 Å². The molecule has 0 aliphatic carbocycles. The number of aromatic amines is 1. The number of H-pyrrole nitrogens is 1. The van der Waals surface area contributed by atoms with Gasteiger partial charge in [0.2, 0.25) is 0 Å². The van der Waals surface area contributed by atoms with Gasteiger partial charge in [0, 0.05) is 4.47 Å². The Balaban J connectivity index is 2.44.